The van der Waals surface area contributed by atoms with Crippen molar-refractivity contribution in [2.45, 2.75) is 39.0 Å². The lowest BCUT2D eigenvalue weighted by molar-refractivity contribution is 0.669. The molecule has 0 amide bonds. The molecule has 0 atom stereocenters. The van der Waals surface area contributed by atoms with Crippen molar-refractivity contribution in [3.8, 4) is 0 Å². The summed E-state index contributed by atoms with van der Waals surface area (Å²) < 4.78 is 9.85. The third-order valence-electron chi connectivity index (χ3n) is 1.38. The Hall–Kier alpha value is -0.110. The lowest BCUT2D eigenvalue weighted by Crippen LogP contribution is -1.79. The predicted octanol–water partition coefficient (Wildman–Crippen LogP) is 2.18. The molecule has 10 heavy (non-hydrogen) atoms. The van der Waals surface area contributed by atoms with Gasteiger partial charge in [0.15, 0.2) is 0 Å². The molecule has 0 aromatic heterocycles. The minimum absolute atomic E-state index is 0.535. The predicted molar refractivity (Wildman–Crippen MR) is 47.3 cm³/mol. The quantitative estimate of drug-likeness (QED) is 0.429. The Kier molecular flexibility index (Phi) is 8.79. The maximum Gasteiger partial charge on any atom is 0.0844 e. The van der Waals surface area contributed by atoms with Crippen molar-refractivity contribution < 1.29 is 4.21 Å². The number of rotatable bonds is 6. The van der Waals surface area contributed by atoms with Crippen LogP contribution in [-0.2, 0) is 11.3 Å². The Bertz CT molecular complexity index is 106. The van der Waals surface area contributed by atoms with Gasteiger partial charge >= 0.3 is 0 Å². The highest BCUT2D eigenvalue weighted by atomic mass is 32.1. The van der Waals surface area contributed by atoms with Crippen LogP contribution in [0.25, 0.3) is 0 Å². The molecule has 0 aliphatic rings. The second-order valence-corrected chi connectivity index (χ2v) is 2.78. The summed E-state index contributed by atoms with van der Waals surface area (Å²) in [5.74, 6) is 0. The summed E-state index contributed by atoms with van der Waals surface area (Å²) in [7, 11) is 0. The molecule has 0 rings (SSSR count). The van der Waals surface area contributed by atoms with Gasteiger partial charge in [-0.05, 0) is 12.8 Å². The van der Waals surface area contributed by atoms with Gasteiger partial charge in [-0.15, -0.1) is 0 Å². The van der Waals surface area contributed by atoms with E-state index < -0.39 is 0 Å². The molecule has 0 spiro atoms. The van der Waals surface area contributed by atoms with Gasteiger partial charge in [0.2, 0.25) is 0 Å². The van der Waals surface area contributed by atoms with Gasteiger partial charge in [0.25, 0.3) is 0 Å². The molecule has 0 fully saturated rings. The first kappa shape index (κ1) is 9.89. The molecule has 2 heteroatoms. The van der Waals surface area contributed by atoms with E-state index in [4.69, 9.17) is 0 Å². The summed E-state index contributed by atoms with van der Waals surface area (Å²) in [6, 6.07) is 0. The van der Waals surface area contributed by atoms with E-state index in [1.54, 1.807) is 5.37 Å². The van der Waals surface area contributed by atoms with Gasteiger partial charge in [0.1, 0.15) is 0 Å². The minimum Gasteiger partial charge on any atom is -0.213 e. The number of hydrogen-bond donors (Lipinski definition) is 0. The van der Waals surface area contributed by atoms with Crippen molar-refractivity contribution in [1.82, 2.24) is 0 Å². The standard InChI is InChI=1S/C8H15OS/c1-2-3-4-5-6-7-8-10-9/h7-8H,2-6H2,1H3. The Morgan fingerprint density at radius 1 is 1.30 bits per heavy atom. The van der Waals surface area contributed by atoms with Crippen LogP contribution in [0.1, 0.15) is 39.0 Å². The van der Waals surface area contributed by atoms with Crippen LogP contribution in [0.3, 0.4) is 0 Å². The smallest absolute Gasteiger partial charge is 0.0844 e. The molecule has 0 N–H and O–H groups in total. The molecular formula is C8H15OS. The Morgan fingerprint density at radius 2 is 2.10 bits per heavy atom. The summed E-state index contributed by atoms with van der Waals surface area (Å²) in [5.41, 5.74) is 0. The van der Waals surface area contributed by atoms with E-state index in [1.807, 2.05) is 6.42 Å². The highest BCUT2D eigenvalue weighted by Gasteiger charge is 1.85. The molecule has 59 valence electrons. The molecule has 0 heterocycles. The van der Waals surface area contributed by atoms with Crippen molar-refractivity contribution in [3.05, 3.63) is 6.42 Å². The Balaban J connectivity index is 2.83. The van der Waals surface area contributed by atoms with Gasteiger partial charge in [-0.25, -0.2) is 4.21 Å². The van der Waals surface area contributed by atoms with Crippen LogP contribution in [0.4, 0.5) is 0 Å². The topological polar surface area (TPSA) is 17.1 Å². The summed E-state index contributed by atoms with van der Waals surface area (Å²) in [6.07, 6.45) is 8.14. The van der Waals surface area contributed by atoms with Crippen LogP contribution in [0.5, 0.6) is 0 Å². The largest absolute Gasteiger partial charge is 0.213 e. The highest BCUT2D eigenvalue weighted by Crippen LogP contribution is 2.02. The van der Waals surface area contributed by atoms with Gasteiger partial charge < -0.3 is 0 Å². The van der Waals surface area contributed by atoms with Crippen LogP contribution in [0, 0.1) is 6.42 Å². The van der Waals surface area contributed by atoms with Crippen LogP contribution in [0.15, 0.2) is 0 Å². The first-order valence-electron chi connectivity index (χ1n) is 3.85. The summed E-state index contributed by atoms with van der Waals surface area (Å²) in [6.45, 7) is 2.20. The van der Waals surface area contributed by atoms with Crippen molar-refractivity contribution in [2.75, 3.05) is 0 Å². The maximum absolute atomic E-state index is 9.85. The van der Waals surface area contributed by atoms with Crippen molar-refractivity contribution in [2.24, 2.45) is 0 Å². The van der Waals surface area contributed by atoms with Crippen LogP contribution in [-0.4, -0.2) is 9.58 Å². The Morgan fingerprint density at radius 3 is 2.70 bits per heavy atom. The van der Waals surface area contributed by atoms with Crippen LogP contribution >= 0.6 is 0 Å². The van der Waals surface area contributed by atoms with Gasteiger partial charge in [-0.2, -0.15) is 0 Å². The molecule has 0 aliphatic carbocycles. The highest BCUT2D eigenvalue weighted by molar-refractivity contribution is 7.65. The third-order valence-corrected chi connectivity index (χ3v) is 1.68. The SMILES string of the molecule is CCCCCC[CH]C=S=O. The Labute approximate surface area is 66.9 Å². The average molecular weight is 159 g/mol. The molecule has 0 bridgehead atoms. The maximum atomic E-state index is 9.85. The minimum atomic E-state index is 0.535. The molecule has 0 saturated carbocycles. The van der Waals surface area contributed by atoms with Crippen LogP contribution < -0.4 is 0 Å². The molecule has 0 aromatic rings. The molecule has 1 nitrogen and oxygen atoms in total. The van der Waals surface area contributed by atoms with Gasteiger partial charge in [-0.3, -0.25) is 0 Å². The summed E-state index contributed by atoms with van der Waals surface area (Å²) in [4.78, 5) is 0. The second-order valence-electron chi connectivity index (χ2n) is 2.32. The summed E-state index contributed by atoms with van der Waals surface area (Å²) in [5, 5.41) is 1.62. The fourth-order valence-electron chi connectivity index (χ4n) is 0.796. The fourth-order valence-corrected chi connectivity index (χ4v) is 1.01. The van der Waals surface area contributed by atoms with E-state index in [-0.39, 0.29) is 0 Å². The van der Waals surface area contributed by atoms with E-state index in [2.05, 4.69) is 6.92 Å². The zero-order valence-electron chi connectivity index (χ0n) is 6.51. The average Bonchev–Trinajstić information content (AvgIpc) is 1.97. The van der Waals surface area contributed by atoms with Crippen molar-refractivity contribution in [1.29, 1.82) is 0 Å². The summed E-state index contributed by atoms with van der Waals surface area (Å²) >= 11 is 0.535. The van der Waals surface area contributed by atoms with E-state index in [9.17, 15) is 4.21 Å². The van der Waals surface area contributed by atoms with Gasteiger partial charge in [-0.1, -0.05) is 32.6 Å². The molecule has 0 aromatic carbocycles. The van der Waals surface area contributed by atoms with E-state index in [0.29, 0.717) is 11.3 Å². The first-order valence-corrected chi connectivity index (χ1v) is 4.66. The zero-order valence-corrected chi connectivity index (χ0v) is 7.32. The van der Waals surface area contributed by atoms with Gasteiger partial charge in [0.05, 0.1) is 11.3 Å². The van der Waals surface area contributed by atoms with Gasteiger partial charge in [0, 0.05) is 5.37 Å². The molecule has 1 radical (unpaired) electrons. The monoisotopic (exact) mass is 159 g/mol. The fraction of sp³-hybridized carbons (Fsp3) is 0.750. The lowest BCUT2D eigenvalue weighted by Gasteiger charge is -1.93. The van der Waals surface area contributed by atoms with E-state index in [0.717, 1.165) is 6.42 Å². The molecular weight excluding hydrogens is 144 g/mol. The van der Waals surface area contributed by atoms with Crippen molar-refractivity contribution in [3.63, 3.8) is 0 Å². The van der Waals surface area contributed by atoms with E-state index in [1.165, 1.54) is 25.7 Å². The molecule has 0 saturated heterocycles. The van der Waals surface area contributed by atoms with Crippen LogP contribution in [0.2, 0.25) is 0 Å². The lowest BCUT2D eigenvalue weighted by atomic mass is 10.1. The van der Waals surface area contributed by atoms with Crippen molar-refractivity contribution >= 4 is 16.6 Å². The second kappa shape index (κ2) is 8.89. The number of unbranched alkanes of at least 4 members (excludes halogenated alkanes) is 5. The number of hydrogen-bond acceptors (Lipinski definition) is 1. The molecule has 0 aliphatic heterocycles. The third kappa shape index (κ3) is 7.89. The van der Waals surface area contributed by atoms with E-state index >= 15 is 0 Å². The normalized spacial score (nSPS) is 9.30. The zero-order chi connectivity index (χ0) is 7.66. The molecule has 0 unspecified atom stereocenters. The first-order chi connectivity index (χ1) is 4.91.